The lowest BCUT2D eigenvalue weighted by atomic mass is 9.67. The highest BCUT2D eigenvalue weighted by Gasteiger charge is 2.36. The number of hydrogen-bond donors (Lipinski definition) is 0. The van der Waals surface area contributed by atoms with Crippen molar-refractivity contribution in [2.45, 2.75) is 19.3 Å². The van der Waals surface area contributed by atoms with E-state index in [0.717, 1.165) is 17.1 Å². The monoisotopic (exact) mass is 791 g/mol. The zero-order chi connectivity index (χ0) is 41.6. The Hall–Kier alpha value is -7.74. The van der Waals surface area contributed by atoms with Gasteiger partial charge in [0, 0.05) is 22.4 Å². The van der Waals surface area contributed by atoms with Crippen LogP contribution < -0.4 is 4.90 Å². The predicted molar refractivity (Wildman–Crippen MR) is 263 cm³/mol. The van der Waals surface area contributed by atoms with Gasteiger partial charge in [0.15, 0.2) is 0 Å². The lowest BCUT2D eigenvalue weighted by Gasteiger charge is -2.38. The minimum absolute atomic E-state index is 0.203. The van der Waals surface area contributed by atoms with Crippen molar-refractivity contribution in [3.8, 4) is 66.8 Å². The van der Waals surface area contributed by atoms with Gasteiger partial charge in [0.05, 0.1) is 5.69 Å². The Morgan fingerprint density at radius 2 is 0.694 bits per heavy atom. The average molecular weight is 792 g/mol. The molecule has 294 valence electrons. The molecule has 1 aliphatic rings. The van der Waals surface area contributed by atoms with Gasteiger partial charge in [0.2, 0.25) is 0 Å². The van der Waals surface area contributed by atoms with Crippen molar-refractivity contribution in [3.05, 3.63) is 248 Å². The Morgan fingerprint density at radius 1 is 0.306 bits per heavy atom. The SMILES string of the molecule is CC1(C)c2cc(-c3ccccc3)ccc2-c2c(N(c3ccc(-c4ccc(-c5ccccc5)cc4)cc3)c3ccc(-c4ccc(-c5ccccc5)cc4)cc3)ccc3cccc1c23. The number of rotatable bonds is 8. The second-order valence-electron chi connectivity index (χ2n) is 16.9. The highest BCUT2D eigenvalue weighted by molar-refractivity contribution is 6.10. The molecule has 0 saturated heterocycles. The van der Waals surface area contributed by atoms with E-state index in [1.54, 1.807) is 0 Å². The van der Waals surface area contributed by atoms with Crippen LogP contribution in [0.5, 0.6) is 0 Å². The van der Waals surface area contributed by atoms with E-state index in [2.05, 4.69) is 255 Å². The first-order valence-corrected chi connectivity index (χ1v) is 21.6. The van der Waals surface area contributed by atoms with E-state index >= 15 is 0 Å². The van der Waals surface area contributed by atoms with Crippen molar-refractivity contribution in [2.75, 3.05) is 4.90 Å². The van der Waals surface area contributed by atoms with Gasteiger partial charge in [-0.1, -0.05) is 214 Å². The largest absolute Gasteiger partial charge is 0.310 e. The van der Waals surface area contributed by atoms with E-state index in [-0.39, 0.29) is 5.41 Å². The molecule has 0 aromatic heterocycles. The van der Waals surface area contributed by atoms with Crippen molar-refractivity contribution < 1.29 is 0 Å². The molecule has 11 rings (SSSR count). The molecule has 0 fully saturated rings. The highest BCUT2D eigenvalue weighted by atomic mass is 15.1. The van der Waals surface area contributed by atoms with Crippen LogP contribution in [0.4, 0.5) is 17.1 Å². The Bertz CT molecular complexity index is 3060. The molecule has 0 spiro atoms. The number of fused-ring (bicyclic) bond motifs is 2. The fourth-order valence-corrected chi connectivity index (χ4v) is 9.59. The summed E-state index contributed by atoms with van der Waals surface area (Å²) >= 11 is 0. The van der Waals surface area contributed by atoms with Crippen LogP contribution in [0.15, 0.2) is 237 Å². The zero-order valence-electron chi connectivity index (χ0n) is 35.0. The molecule has 0 unspecified atom stereocenters. The van der Waals surface area contributed by atoms with Crippen LogP contribution >= 0.6 is 0 Å². The van der Waals surface area contributed by atoms with Crippen LogP contribution in [0.25, 0.3) is 77.5 Å². The van der Waals surface area contributed by atoms with Crippen LogP contribution in [0, 0.1) is 0 Å². The van der Waals surface area contributed by atoms with Crippen molar-refractivity contribution in [1.29, 1.82) is 0 Å². The second-order valence-corrected chi connectivity index (χ2v) is 16.9. The molecule has 10 aromatic rings. The quantitative estimate of drug-likeness (QED) is 0.148. The van der Waals surface area contributed by atoms with Gasteiger partial charge in [-0.05, 0) is 119 Å². The summed E-state index contributed by atoms with van der Waals surface area (Å²) < 4.78 is 0. The molecule has 62 heavy (non-hydrogen) atoms. The molecular weight excluding hydrogens is 747 g/mol. The number of benzene rings is 10. The molecule has 0 radical (unpaired) electrons. The summed E-state index contributed by atoms with van der Waals surface area (Å²) in [4.78, 5) is 2.46. The average Bonchev–Trinajstić information content (AvgIpc) is 3.35. The first-order chi connectivity index (χ1) is 30.5. The van der Waals surface area contributed by atoms with Crippen molar-refractivity contribution >= 4 is 27.8 Å². The lowest BCUT2D eigenvalue weighted by Crippen LogP contribution is -2.24. The normalized spacial score (nSPS) is 12.5. The van der Waals surface area contributed by atoms with E-state index < -0.39 is 0 Å². The summed E-state index contributed by atoms with van der Waals surface area (Å²) in [5.74, 6) is 0. The topological polar surface area (TPSA) is 3.24 Å². The molecule has 0 heterocycles. The van der Waals surface area contributed by atoms with Gasteiger partial charge >= 0.3 is 0 Å². The third-order valence-corrected chi connectivity index (χ3v) is 12.9. The minimum atomic E-state index is -0.203. The highest BCUT2D eigenvalue weighted by Crippen LogP contribution is 2.54. The maximum absolute atomic E-state index is 2.46. The van der Waals surface area contributed by atoms with Crippen LogP contribution in [0.2, 0.25) is 0 Å². The van der Waals surface area contributed by atoms with E-state index in [0.29, 0.717) is 0 Å². The van der Waals surface area contributed by atoms with Gasteiger partial charge in [-0.2, -0.15) is 0 Å². The summed E-state index contributed by atoms with van der Waals surface area (Å²) in [6.07, 6.45) is 0. The number of anilines is 3. The molecule has 0 aliphatic heterocycles. The first-order valence-electron chi connectivity index (χ1n) is 21.6. The van der Waals surface area contributed by atoms with Crippen LogP contribution in [-0.2, 0) is 5.41 Å². The summed E-state index contributed by atoms with van der Waals surface area (Å²) in [6.45, 7) is 4.78. The molecule has 0 saturated carbocycles. The smallest absolute Gasteiger partial charge is 0.0546 e. The molecule has 0 atom stereocenters. The third-order valence-electron chi connectivity index (χ3n) is 12.9. The maximum atomic E-state index is 2.46. The zero-order valence-corrected chi connectivity index (χ0v) is 35.0. The molecule has 1 nitrogen and oxygen atoms in total. The minimum Gasteiger partial charge on any atom is -0.310 e. The fourth-order valence-electron chi connectivity index (χ4n) is 9.59. The van der Waals surface area contributed by atoms with Crippen molar-refractivity contribution in [1.82, 2.24) is 0 Å². The molecule has 10 aromatic carbocycles. The van der Waals surface area contributed by atoms with E-state index in [1.807, 2.05) is 0 Å². The van der Waals surface area contributed by atoms with Gasteiger partial charge in [-0.25, -0.2) is 0 Å². The molecule has 0 amide bonds. The number of hydrogen-bond acceptors (Lipinski definition) is 1. The Balaban J connectivity index is 1.05. The van der Waals surface area contributed by atoms with Crippen molar-refractivity contribution in [2.24, 2.45) is 0 Å². The van der Waals surface area contributed by atoms with E-state index in [4.69, 9.17) is 0 Å². The van der Waals surface area contributed by atoms with Crippen molar-refractivity contribution in [3.63, 3.8) is 0 Å². The first kappa shape index (κ1) is 37.3. The molecule has 1 aliphatic carbocycles. The van der Waals surface area contributed by atoms with Gasteiger partial charge in [0.25, 0.3) is 0 Å². The second kappa shape index (κ2) is 15.4. The predicted octanol–water partition coefficient (Wildman–Crippen LogP) is 17.0. The Morgan fingerprint density at radius 3 is 1.15 bits per heavy atom. The molecular formula is C61H45N. The fraction of sp³-hybridized carbons (Fsp3) is 0.0492. The van der Waals surface area contributed by atoms with Gasteiger partial charge in [-0.15, -0.1) is 0 Å². The summed E-state index contributed by atoms with van der Waals surface area (Å²) in [5, 5.41) is 2.58. The molecule has 0 bridgehead atoms. The summed E-state index contributed by atoms with van der Waals surface area (Å²) in [5.41, 5.74) is 20.5. The summed E-state index contributed by atoms with van der Waals surface area (Å²) in [6, 6.07) is 86.6. The number of nitrogens with zero attached hydrogens (tertiary/aromatic N) is 1. The Labute approximate surface area is 364 Å². The standard InChI is InChI=1S/C61H45N/c1-61(2)56-20-12-19-51-34-40-58(60(59(51)56)55-39-33-52(41-57(55)61)44-17-10-5-11-18-44)62(53-35-29-49(30-36-53)47-25-21-45(22-26-47)42-13-6-3-7-14-42)54-37-31-50(32-38-54)48-27-23-46(24-28-48)43-15-8-4-9-16-43/h3-41H,1-2H3. The van der Waals surface area contributed by atoms with E-state index in [1.165, 1.54) is 88.7 Å². The molecule has 1 heteroatoms. The molecule has 0 N–H and O–H groups in total. The summed E-state index contributed by atoms with van der Waals surface area (Å²) in [7, 11) is 0. The van der Waals surface area contributed by atoms with Crippen LogP contribution in [0.1, 0.15) is 25.0 Å². The van der Waals surface area contributed by atoms with Gasteiger partial charge < -0.3 is 4.90 Å². The van der Waals surface area contributed by atoms with Gasteiger partial charge in [-0.3, -0.25) is 0 Å². The Kier molecular flexibility index (Phi) is 9.24. The van der Waals surface area contributed by atoms with Gasteiger partial charge in [0.1, 0.15) is 0 Å². The third kappa shape index (κ3) is 6.60. The lowest BCUT2D eigenvalue weighted by molar-refractivity contribution is 0.645. The van der Waals surface area contributed by atoms with E-state index in [9.17, 15) is 0 Å². The van der Waals surface area contributed by atoms with Crippen LogP contribution in [-0.4, -0.2) is 0 Å². The van der Waals surface area contributed by atoms with Crippen LogP contribution in [0.3, 0.4) is 0 Å². The maximum Gasteiger partial charge on any atom is 0.0546 e.